The molecule has 19 heavy (non-hydrogen) atoms. The number of benzene rings is 1. The van der Waals surface area contributed by atoms with E-state index in [1.165, 1.54) is 0 Å². The van der Waals surface area contributed by atoms with Crippen LogP contribution in [-0.4, -0.2) is 24.1 Å². The molecule has 0 unspecified atom stereocenters. The van der Waals surface area contributed by atoms with Gasteiger partial charge in [-0.1, -0.05) is 26.8 Å². The summed E-state index contributed by atoms with van der Waals surface area (Å²) in [6.45, 7) is 9.40. The topological polar surface area (TPSA) is 38.8 Å². The average molecular weight is 263 g/mol. The summed E-state index contributed by atoms with van der Waals surface area (Å²) in [7, 11) is 0. The van der Waals surface area contributed by atoms with E-state index >= 15 is 0 Å². The van der Waals surface area contributed by atoms with Crippen LogP contribution >= 0.6 is 0 Å². The summed E-state index contributed by atoms with van der Waals surface area (Å²) in [5, 5.41) is 0. The molecule has 0 spiro atoms. The number of ether oxygens (including phenoxy) is 2. The Balaban J connectivity index is 2.13. The van der Waals surface area contributed by atoms with E-state index in [1.54, 1.807) is 0 Å². The SMILES string of the molecule is CCN(Cc1ccc2c(c1)OCO2)C(=O)C(C)(C)C. The predicted octanol–water partition coefficient (Wildman–Crippen LogP) is 2.81. The molecule has 1 aliphatic rings. The molecule has 0 atom stereocenters. The van der Waals surface area contributed by atoms with E-state index in [1.807, 2.05) is 50.8 Å². The first kappa shape index (κ1) is 13.7. The second-order valence-electron chi connectivity index (χ2n) is 5.76. The first-order valence-corrected chi connectivity index (χ1v) is 6.59. The van der Waals surface area contributed by atoms with Crippen LogP contribution in [-0.2, 0) is 11.3 Å². The van der Waals surface area contributed by atoms with E-state index in [9.17, 15) is 4.79 Å². The van der Waals surface area contributed by atoms with Gasteiger partial charge in [0.05, 0.1) is 0 Å². The van der Waals surface area contributed by atoms with Crippen LogP contribution in [0.4, 0.5) is 0 Å². The van der Waals surface area contributed by atoms with Crippen molar-refractivity contribution in [3.05, 3.63) is 23.8 Å². The summed E-state index contributed by atoms with van der Waals surface area (Å²) in [6.07, 6.45) is 0. The van der Waals surface area contributed by atoms with Gasteiger partial charge in [0.2, 0.25) is 12.7 Å². The molecule has 1 amide bonds. The summed E-state index contributed by atoms with van der Waals surface area (Å²) in [5.74, 6) is 1.69. The van der Waals surface area contributed by atoms with Gasteiger partial charge >= 0.3 is 0 Å². The van der Waals surface area contributed by atoms with Crippen LogP contribution in [0.2, 0.25) is 0 Å². The lowest BCUT2D eigenvalue weighted by Gasteiger charge is -2.28. The number of rotatable bonds is 3. The maximum Gasteiger partial charge on any atom is 0.231 e. The van der Waals surface area contributed by atoms with Crippen LogP contribution in [0.3, 0.4) is 0 Å². The van der Waals surface area contributed by atoms with Crippen LogP contribution in [0.5, 0.6) is 11.5 Å². The van der Waals surface area contributed by atoms with E-state index in [0.29, 0.717) is 13.1 Å². The Morgan fingerprint density at radius 3 is 2.58 bits per heavy atom. The van der Waals surface area contributed by atoms with Crippen LogP contribution in [0.25, 0.3) is 0 Å². The van der Waals surface area contributed by atoms with Crippen molar-refractivity contribution in [3.63, 3.8) is 0 Å². The molecule has 0 N–H and O–H groups in total. The van der Waals surface area contributed by atoms with E-state index in [0.717, 1.165) is 17.1 Å². The molecule has 1 aliphatic heterocycles. The fourth-order valence-corrected chi connectivity index (χ4v) is 2.06. The third kappa shape index (κ3) is 3.00. The van der Waals surface area contributed by atoms with Gasteiger partial charge in [0.1, 0.15) is 0 Å². The van der Waals surface area contributed by atoms with E-state index in [2.05, 4.69) is 0 Å². The quantitative estimate of drug-likeness (QED) is 0.841. The lowest BCUT2D eigenvalue weighted by Crippen LogP contribution is -2.38. The summed E-state index contributed by atoms with van der Waals surface area (Å²) in [6, 6.07) is 5.82. The number of amides is 1. The zero-order valence-corrected chi connectivity index (χ0v) is 12.0. The van der Waals surface area contributed by atoms with Crippen LogP contribution in [0, 0.1) is 5.41 Å². The Labute approximate surface area is 114 Å². The van der Waals surface area contributed by atoms with Crippen molar-refractivity contribution in [2.24, 2.45) is 5.41 Å². The largest absolute Gasteiger partial charge is 0.454 e. The Hall–Kier alpha value is -1.71. The molecular formula is C15H21NO3. The highest BCUT2D eigenvalue weighted by molar-refractivity contribution is 5.81. The van der Waals surface area contributed by atoms with Gasteiger partial charge in [-0.25, -0.2) is 0 Å². The first-order valence-electron chi connectivity index (χ1n) is 6.59. The molecule has 1 heterocycles. The molecule has 4 nitrogen and oxygen atoms in total. The van der Waals surface area contributed by atoms with E-state index in [-0.39, 0.29) is 18.1 Å². The Bertz CT molecular complexity index is 477. The van der Waals surface area contributed by atoms with Gasteiger partial charge < -0.3 is 14.4 Å². The number of fused-ring (bicyclic) bond motifs is 1. The van der Waals surface area contributed by atoms with E-state index in [4.69, 9.17) is 9.47 Å². The highest BCUT2D eigenvalue weighted by atomic mass is 16.7. The van der Waals surface area contributed by atoms with Crippen LogP contribution in [0.1, 0.15) is 33.3 Å². The summed E-state index contributed by atoms with van der Waals surface area (Å²) >= 11 is 0. The monoisotopic (exact) mass is 263 g/mol. The third-order valence-corrected chi connectivity index (χ3v) is 3.12. The molecule has 1 aromatic rings. The molecular weight excluding hydrogens is 242 g/mol. The molecule has 0 fully saturated rings. The van der Waals surface area contributed by atoms with Crippen molar-refractivity contribution < 1.29 is 14.3 Å². The maximum absolute atomic E-state index is 12.3. The predicted molar refractivity (Wildman–Crippen MR) is 73.1 cm³/mol. The van der Waals surface area contributed by atoms with E-state index < -0.39 is 0 Å². The van der Waals surface area contributed by atoms with Crippen molar-refractivity contribution in [3.8, 4) is 11.5 Å². The minimum Gasteiger partial charge on any atom is -0.454 e. The summed E-state index contributed by atoms with van der Waals surface area (Å²) in [5.41, 5.74) is 0.704. The Morgan fingerprint density at radius 2 is 1.95 bits per heavy atom. The molecule has 0 aromatic heterocycles. The van der Waals surface area contributed by atoms with Gasteiger partial charge in [0.25, 0.3) is 0 Å². The minimum absolute atomic E-state index is 0.160. The Kier molecular flexibility index (Phi) is 3.69. The third-order valence-electron chi connectivity index (χ3n) is 3.12. The number of hydrogen-bond donors (Lipinski definition) is 0. The number of carbonyl (C=O) groups excluding carboxylic acids is 1. The highest BCUT2D eigenvalue weighted by Gasteiger charge is 2.26. The maximum atomic E-state index is 12.3. The van der Waals surface area contributed by atoms with Gasteiger partial charge in [-0.05, 0) is 24.6 Å². The summed E-state index contributed by atoms with van der Waals surface area (Å²) in [4.78, 5) is 14.2. The van der Waals surface area contributed by atoms with Crippen molar-refractivity contribution >= 4 is 5.91 Å². The second kappa shape index (κ2) is 5.11. The molecule has 0 saturated carbocycles. The molecule has 1 aromatic carbocycles. The zero-order chi connectivity index (χ0) is 14.0. The fraction of sp³-hybridized carbons (Fsp3) is 0.533. The van der Waals surface area contributed by atoms with Crippen molar-refractivity contribution in [2.45, 2.75) is 34.2 Å². The zero-order valence-electron chi connectivity index (χ0n) is 12.0. The molecule has 104 valence electrons. The number of nitrogens with zero attached hydrogens (tertiary/aromatic N) is 1. The van der Waals surface area contributed by atoms with Crippen molar-refractivity contribution in [2.75, 3.05) is 13.3 Å². The smallest absolute Gasteiger partial charge is 0.231 e. The fourth-order valence-electron chi connectivity index (χ4n) is 2.06. The van der Waals surface area contributed by atoms with Crippen molar-refractivity contribution in [1.29, 1.82) is 0 Å². The van der Waals surface area contributed by atoms with Crippen LogP contribution < -0.4 is 9.47 Å². The number of carbonyl (C=O) groups is 1. The van der Waals surface area contributed by atoms with Gasteiger partial charge in [0.15, 0.2) is 11.5 Å². The first-order chi connectivity index (χ1) is 8.91. The lowest BCUT2D eigenvalue weighted by atomic mass is 9.94. The number of hydrogen-bond acceptors (Lipinski definition) is 3. The second-order valence-corrected chi connectivity index (χ2v) is 5.76. The van der Waals surface area contributed by atoms with Gasteiger partial charge in [0, 0.05) is 18.5 Å². The standard InChI is InChI=1S/C15H21NO3/c1-5-16(14(17)15(2,3)4)9-11-6-7-12-13(8-11)19-10-18-12/h6-8H,5,9-10H2,1-4H3. The van der Waals surface area contributed by atoms with Gasteiger partial charge in [-0.3, -0.25) is 4.79 Å². The molecule has 4 heteroatoms. The molecule has 2 rings (SSSR count). The van der Waals surface area contributed by atoms with Gasteiger partial charge in [-0.2, -0.15) is 0 Å². The lowest BCUT2D eigenvalue weighted by molar-refractivity contribution is -0.139. The van der Waals surface area contributed by atoms with Crippen molar-refractivity contribution in [1.82, 2.24) is 4.90 Å². The molecule has 0 aliphatic carbocycles. The highest BCUT2D eigenvalue weighted by Crippen LogP contribution is 2.33. The van der Waals surface area contributed by atoms with Gasteiger partial charge in [-0.15, -0.1) is 0 Å². The summed E-state index contributed by atoms with van der Waals surface area (Å²) < 4.78 is 10.6. The normalized spacial score (nSPS) is 13.5. The van der Waals surface area contributed by atoms with Crippen LogP contribution in [0.15, 0.2) is 18.2 Å². The molecule has 0 bridgehead atoms. The molecule has 0 saturated heterocycles. The molecule has 0 radical (unpaired) electrons. The average Bonchev–Trinajstić information content (AvgIpc) is 2.81. The minimum atomic E-state index is -0.355. The Morgan fingerprint density at radius 1 is 1.26 bits per heavy atom.